The SMILES string of the molecule is CCN(C)c1cnn(CCC(N)=S)c(=O)c1. The van der Waals surface area contributed by atoms with Crippen molar-refractivity contribution in [2.24, 2.45) is 5.73 Å². The van der Waals surface area contributed by atoms with Gasteiger partial charge in [0.15, 0.2) is 0 Å². The van der Waals surface area contributed by atoms with Crippen LogP contribution in [0.3, 0.4) is 0 Å². The molecule has 1 rings (SSSR count). The Morgan fingerprint density at radius 2 is 2.38 bits per heavy atom. The summed E-state index contributed by atoms with van der Waals surface area (Å²) in [5.74, 6) is 0. The van der Waals surface area contributed by atoms with Crippen molar-refractivity contribution in [3.05, 3.63) is 22.6 Å². The van der Waals surface area contributed by atoms with E-state index in [2.05, 4.69) is 5.10 Å². The molecule has 0 aliphatic heterocycles. The summed E-state index contributed by atoms with van der Waals surface area (Å²) in [7, 11) is 1.91. The number of anilines is 1. The average molecular weight is 240 g/mol. The van der Waals surface area contributed by atoms with Crippen molar-refractivity contribution in [1.29, 1.82) is 0 Å². The van der Waals surface area contributed by atoms with Crippen molar-refractivity contribution in [3.8, 4) is 0 Å². The van der Waals surface area contributed by atoms with Gasteiger partial charge in [-0.15, -0.1) is 0 Å². The topological polar surface area (TPSA) is 64.2 Å². The van der Waals surface area contributed by atoms with E-state index in [1.807, 2.05) is 18.9 Å². The number of aromatic nitrogens is 2. The maximum absolute atomic E-state index is 11.7. The zero-order chi connectivity index (χ0) is 12.1. The average Bonchev–Trinajstić information content (AvgIpc) is 2.26. The Kier molecular flexibility index (Phi) is 4.42. The van der Waals surface area contributed by atoms with Crippen LogP contribution in [0.5, 0.6) is 0 Å². The number of aryl methyl sites for hydroxylation is 1. The van der Waals surface area contributed by atoms with Crippen molar-refractivity contribution in [1.82, 2.24) is 9.78 Å². The molecule has 0 aromatic carbocycles. The summed E-state index contributed by atoms with van der Waals surface area (Å²) in [5.41, 5.74) is 6.06. The third kappa shape index (κ3) is 3.30. The van der Waals surface area contributed by atoms with Crippen molar-refractivity contribution >= 4 is 22.9 Å². The Labute approximate surface area is 99.9 Å². The number of nitrogens with two attached hydrogens (primary N) is 1. The van der Waals surface area contributed by atoms with Crippen LogP contribution in [0.2, 0.25) is 0 Å². The van der Waals surface area contributed by atoms with Gasteiger partial charge < -0.3 is 10.6 Å². The lowest BCUT2D eigenvalue weighted by atomic mass is 10.4. The van der Waals surface area contributed by atoms with Gasteiger partial charge in [0, 0.05) is 26.1 Å². The molecule has 88 valence electrons. The predicted octanol–water partition coefficient (Wildman–Crippen LogP) is 0.376. The minimum atomic E-state index is -0.131. The summed E-state index contributed by atoms with van der Waals surface area (Å²) in [6.07, 6.45) is 2.16. The van der Waals surface area contributed by atoms with E-state index in [9.17, 15) is 4.79 Å². The molecule has 0 amide bonds. The van der Waals surface area contributed by atoms with E-state index in [-0.39, 0.29) is 5.56 Å². The van der Waals surface area contributed by atoms with E-state index < -0.39 is 0 Å². The smallest absolute Gasteiger partial charge is 0.268 e. The van der Waals surface area contributed by atoms with Gasteiger partial charge in [0.05, 0.1) is 23.4 Å². The normalized spacial score (nSPS) is 10.1. The Morgan fingerprint density at radius 3 is 2.88 bits per heavy atom. The van der Waals surface area contributed by atoms with Gasteiger partial charge in [-0.3, -0.25) is 4.79 Å². The van der Waals surface area contributed by atoms with Crippen LogP contribution in [0.4, 0.5) is 5.69 Å². The second-order valence-electron chi connectivity index (χ2n) is 3.51. The van der Waals surface area contributed by atoms with E-state index in [4.69, 9.17) is 18.0 Å². The van der Waals surface area contributed by atoms with Crippen LogP contribution >= 0.6 is 12.2 Å². The molecular formula is C10H16N4OS. The Bertz CT molecular complexity index is 429. The lowest BCUT2D eigenvalue weighted by molar-refractivity contribution is 0.594. The van der Waals surface area contributed by atoms with Gasteiger partial charge >= 0.3 is 0 Å². The second kappa shape index (κ2) is 5.60. The summed E-state index contributed by atoms with van der Waals surface area (Å²) in [5, 5.41) is 4.07. The molecule has 16 heavy (non-hydrogen) atoms. The van der Waals surface area contributed by atoms with Gasteiger partial charge in [-0.2, -0.15) is 5.10 Å². The monoisotopic (exact) mass is 240 g/mol. The standard InChI is InChI=1S/C10H16N4OS/c1-3-13(2)8-6-10(15)14(12-7-8)5-4-9(11)16/h6-7H,3-5H2,1-2H3,(H2,11,16). The lowest BCUT2D eigenvalue weighted by Crippen LogP contribution is -2.27. The molecule has 1 aromatic rings. The number of nitrogens with zero attached hydrogens (tertiary/aromatic N) is 3. The quantitative estimate of drug-likeness (QED) is 0.754. The summed E-state index contributed by atoms with van der Waals surface area (Å²) < 4.78 is 1.37. The molecule has 0 radical (unpaired) electrons. The van der Waals surface area contributed by atoms with E-state index in [1.165, 1.54) is 4.68 Å². The molecule has 1 heterocycles. The Balaban J connectivity index is 2.83. The van der Waals surface area contributed by atoms with Crippen LogP contribution in [0.1, 0.15) is 13.3 Å². The molecule has 5 nitrogen and oxygen atoms in total. The summed E-state index contributed by atoms with van der Waals surface area (Å²) in [4.78, 5) is 14.0. The highest BCUT2D eigenvalue weighted by Gasteiger charge is 2.03. The van der Waals surface area contributed by atoms with Gasteiger partial charge in [0.25, 0.3) is 5.56 Å². The predicted molar refractivity (Wildman–Crippen MR) is 68.8 cm³/mol. The maximum atomic E-state index is 11.7. The molecule has 0 saturated heterocycles. The zero-order valence-corrected chi connectivity index (χ0v) is 10.3. The molecule has 0 saturated carbocycles. The highest BCUT2D eigenvalue weighted by atomic mass is 32.1. The minimum absolute atomic E-state index is 0.131. The second-order valence-corrected chi connectivity index (χ2v) is 4.03. The molecule has 0 unspecified atom stereocenters. The highest BCUT2D eigenvalue weighted by molar-refractivity contribution is 7.80. The van der Waals surface area contributed by atoms with Crippen molar-refractivity contribution in [2.75, 3.05) is 18.5 Å². The number of rotatable bonds is 5. The fourth-order valence-corrected chi connectivity index (χ4v) is 1.29. The molecular weight excluding hydrogens is 224 g/mol. The maximum Gasteiger partial charge on any atom is 0.268 e. The Hall–Kier alpha value is -1.43. The van der Waals surface area contributed by atoms with Crippen LogP contribution in [-0.4, -0.2) is 28.4 Å². The lowest BCUT2D eigenvalue weighted by Gasteiger charge is -2.16. The van der Waals surface area contributed by atoms with Gasteiger partial charge in [-0.05, 0) is 6.92 Å². The largest absolute Gasteiger partial charge is 0.393 e. The highest BCUT2D eigenvalue weighted by Crippen LogP contribution is 2.05. The molecule has 1 aromatic heterocycles. The fraction of sp³-hybridized carbons (Fsp3) is 0.500. The molecule has 0 aliphatic carbocycles. The first kappa shape index (κ1) is 12.6. The Morgan fingerprint density at radius 1 is 1.69 bits per heavy atom. The third-order valence-corrected chi connectivity index (χ3v) is 2.54. The van der Waals surface area contributed by atoms with Crippen LogP contribution in [0.15, 0.2) is 17.1 Å². The summed E-state index contributed by atoms with van der Waals surface area (Å²) >= 11 is 4.75. The molecule has 0 fully saturated rings. The van der Waals surface area contributed by atoms with Gasteiger partial charge in [0.2, 0.25) is 0 Å². The van der Waals surface area contributed by atoms with Crippen molar-refractivity contribution in [2.45, 2.75) is 19.9 Å². The third-order valence-electron chi connectivity index (χ3n) is 2.34. The minimum Gasteiger partial charge on any atom is -0.393 e. The van der Waals surface area contributed by atoms with Crippen LogP contribution in [0, 0.1) is 0 Å². The van der Waals surface area contributed by atoms with Crippen molar-refractivity contribution in [3.63, 3.8) is 0 Å². The fourth-order valence-electron chi connectivity index (χ4n) is 1.20. The molecule has 0 bridgehead atoms. The molecule has 0 spiro atoms. The number of thiocarbonyl (C=S) groups is 1. The van der Waals surface area contributed by atoms with E-state index >= 15 is 0 Å². The first-order chi connectivity index (χ1) is 7.54. The van der Waals surface area contributed by atoms with E-state index in [0.717, 1.165) is 12.2 Å². The van der Waals surface area contributed by atoms with Crippen LogP contribution in [-0.2, 0) is 6.54 Å². The molecule has 0 aliphatic rings. The van der Waals surface area contributed by atoms with Crippen LogP contribution in [0.25, 0.3) is 0 Å². The number of hydrogen-bond donors (Lipinski definition) is 1. The molecule has 2 N–H and O–H groups in total. The first-order valence-corrected chi connectivity index (χ1v) is 5.52. The van der Waals surface area contributed by atoms with Gasteiger partial charge in [0.1, 0.15) is 0 Å². The van der Waals surface area contributed by atoms with E-state index in [1.54, 1.807) is 12.3 Å². The zero-order valence-electron chi connectivity index (χ0n) is 9.51. The van der Waals surface area contributed by atoms with Gasteiger partial charge in [-0.25, -0.2) is 4.68 Å². The van der Waals surface area contributed by atoms with E-state index in [0.29, 0.717) is 18.0 Å². The van der Waals surface area contributed by atoms with Crippen molar-refractivity contribution < 1.29 is 0 Å². The van der Waals surface area contributed by atoms with Crippen LogP contribution < -0.4 is 16.2 Å². The summed E-state index contributed by atoms with van der Waals surface area (Å²) in [6.45, 7) is 3.28. The summed E-state index contributed by atoms with van der Waals surface area (Å²) in [6, 6.07) is 1.57. The van der Waals surface area contributed by atoms with Gasteiger partial charge in [-0.1, -0.05) is 12.2 Å². The first-order valence-electron chi connectivity index (χ1n) is 5.11. The molecule has 0 atom stereocenters. The number of hydrogen-bond acceptors (Lipinski definition) is 4. The molecule has 6 heteroatoms.